The average molecular weight is 950 g/mol. The summed E-state index contributed by atoms with van der Waals surface area (Å²) in [6.07, 6.45) is 2.14. The number of amides is 4. The molecule has 2 saturated heterocycles. The molecule has 1 saturated carbocycles. The van der Waals surface area contributed by atoms with Gasteiger partial charge in [-0.1, -0.05) is 29.3 Å². The van der Waals surface area contributed by atoms with Gasteiger partial charge in [-0.05, 0) is 111 Å². The Morgan fingerprint density at radius 1 is 1.02 bits per heavy atom. The minimum Gasteiger partial charge on any atom is -0.503 e. The molecule has 58 heavy (non-hydrogen) atoms. The lowest BCUT2D eigenvalue weighted by Crippen LogP contribution is -2.49. The molecule has 2 aliphatic carbocycles. The van der Waals surface area contributed by atoms with Crippen molar-refractivity contribution in [2.75, 3.05) is 16.9 Å². The molecule has 4 amide bonds. The van der Waals surface area contributed by atoms with Crippen LogP contribution in [0, 0.1) is 46.1 Å². The first kappa shape index (κ1) is 38.6. The Hall–Kier alpha value is -4.90. The van der Waals surface area contributed by atoms with Gasteiger partial charge in [-0.25, -0.2) is 9.80 Å². The normalized spacial score (nSPS) is 25.3. The average Bonchev–Trinajstić information content (AvgIpc) is 3.87. The van der Waals surface area contributed by atoms with Gasteiger partial charge in [0.05, 0.1) is 50.2 Å². The second-order valence-corrected chi connectivity index (χ2v) is 18.4. The first-order chi connectivity index (χ1) is 27.6. The van der Waals surface area contributed by atoms with Crippen LogP contribution in [0.3, 0.4) is 0 Å². The number of hydrogen-bond acceptors (Lipinski definition) is 10. The Morgan fingerprint density at radius 2 is 1.78 bits per heavy atom. The van der Waals surface area contributed by atoms with Crippen LogP contribution in [0.5, 0.6) is 11.5 Å². The van der Waals surface area contributed by atoms with Gasteiger partial charge in [-0.15, -0.1) is 11.3 Å². The zero-order chi connectivity index (χ0) is 41.3. The number of ether oxygens (including phenoxy) is 1. The van der Waals surface area contributed by atoms with Crippen molar-refractivity contribution in [2.45, 2.75) is 32.6 Å². The van der Waals surface area contributed by atoms with E-state index in [9.17, 15) is 24.8 Å². The van der Waals surface area contributed by atoms with Crippen molar-refractivity contribution < 1.29 is 33.9 Å². The predicted octanol–water partition coefficient (Wildman–Crippen LogP) is 8.85. The highest BCUT2D eigenvalue weighted by molar-refractivity contribution is 9.13. The Bertz CT molecular complexity index is 2750. The standard InChI is InChI=1S/C41H32Br2ClN5O8S/c1-17-23-12-18(44)8-11-29(23)58-36(17)27-16-30(46(3)45-27)48-38(52)26-14-24-21(32(41(26,2)40(48)54)25-15-28(57-4)35(50)34(43)33(25)42)9-10-22-31(24)39(53)47(37(22)51)19-6-5-7-20(13-19)49(55)56/h5-9,11-13,15-16,22,24,26,31-32,50H,10,14H2,1-4H3/t22-,24+,26-,31-,32+,41+/m0/s1. The molecule has 0 spiro atoms. The molecule has 0 radical (unpaired) electrons. The van der Waals surface area contributed by atoms with Crippen LogP contribution in [0.4, 0.5) is 17.2 Å². The predicted molar refractivity (Wildman–Crippen MR) is 224 cm³/mol. The van der Waals surface area contributed by atoms with Crippen LogP contribution in [-0.4, -0.2) is 50.5 Å². The van der Waals surface area contributed by atoms with Gasteiger partial charge in [-0.3, -0.25) is 34.0 Å². The molecule has 3 aromatic carbocycles. The third-order valence-corrected chi connectivity index (χ3v) is 16.2. The number of nitro benzene ring substituents is 1. The number of imide groups is 2. The highest BCUT2D eigenvalue weighted by Gasteiger charge is 2.68. The number of anilines is 2. The summed E-state index contributed by atoms with van der Waals surface area (Å²) in [5.41, 5.74) is 1.18. The van der Waals surface area contributed by atoms with Crippen LogP contribution in [0.2, 0.25) is 5.02 Å². The Morgan fingerprint density at radius 3 is 2.50 bits per heavy atom. The fourth-order valence-electron chi connectivity index (χ4n) is 9.77. The van der Waals surface area contributed by atoms with E-state index in [0.29, 0.717) is 26.3 Å². The van der Waals surface area contributed by atoms with E-state index >= 15 is 9.59 Å². The molecule has 1 N–H and O–H groups in total. The number of methoxy groups -OCH3 is 1. The van der Waals surface area contributed by atoms with Crippen LogP contribution in [0.25, 0.3) is 20.7 Å². The topological polar surface area (TPSA) is 165 Å². The molecule has 4 heterocycles. The van der Waals surface area contributed by atoms with Crippen molar-refractivity contribution in [3.8, 4) is 22.1 Å². The molecule has 3 fully saturated rings. The van der Waals surface area contributed by atoms with Crippen molar-refractivity contribution in [3.05, 3.63) is 101 Å². The van der Waals surface area contributed by atoms with E-state index in [0.717, 1.165) is 25.4 Å². The van der Waals surface area contributed by atoms with Gasteiger partial charge in [-0.2, -0.15) is 5.10 Å². The molecule has 296 valence electrons. The number of aromatic hydroxyl groups is 1. The molecule has 0 bridgehead atoms. The van der Waals surface area contributed by atoms with Gasteiger partial charge in [0.1, 0.15) is 11.5 Å². The number of fused-ring (bicyclic) bond motifs is 5. The number of non-ortho nitro benzene ring substituents is 1. The lowest BCUT2D eigenvalue weighted by atomic mass is 9.51. The monoisotopic (exact) mass is 947 g/mol. The van der Waals surface area contributed by atoms with Crippen molar-refractivity contribution in [3.63, 3.8) is 0 Å². The minimum absolute atomic E-state index is 0.0811. The Kier molecular flexibility index (Phi) is 9.04. The molecule has 4 aliphatic rings. The molecule has 9 rings (SSSR count). The number of phenols is 1. The first-order valence-electron chi connectivity index (χ1n) is 18.3. The van der Waals surface area contributed by atoms with Crippen molar-refractivity contribution in [1.82, 2.24) is 9.78 Å². The zero-order valence-corrected chi connectivity index (χ0v) is 35.9. The first-order valence-corrected chi connectivity index (χ1v) is 21.0. The molecule has 0 unspecified atom stereocenters. The van der Waals surface area contributed by atoms with Gasteiger partial charge >= 0.3 is 0 Å². The molecule has 2 aliphatic heterocycles. The molecule has 5 aromatic rings. The molecule has 6 atom stereocenters. The number of aromatic nitrogens is 2. The minimum atomic E-state index is -1.42. The molecular weight excluding hydrogens is 918 g/mol. The van der Waals surface area contributed by atoms with E-state index in [2.05, 4.69) is 31.9 Å². The number of carbonyl (C=O) groups is 4. The Labute approximate surface area is 356 Å². The second-order valence-electron chi connectivity index (χ2n) is 15.3. The van der Waals surface area contributed by atoms with E-state index in [1.54, 1.807) is 26.1 Å². The zero-order valence-electron chi connectivity index (χ0n) is 31.2. The molecule has 2 aromatic heterocycles. The SMILES string of the molecule is COc1cc([C@H]2C3=CC[C@@H]4C(=O)N(c5cccc([N+](=O)[O-])c5)C(=O)[C@@H]4[C@@H]3C[C@H]3C(=O)N(c4cc(-c5sc6ccc(Cl)cc6c5C)nn4C)C(=O)[C@@]23C)c(Br)c(Br)c1O. The number of phenolic OH excluding ortho intramolecular Hbond substituents is 1. The Balaban J connectivity index is 1.18. The van der Waals surface area contributed by atoms with E-state index in [4.69, 9.17) is 21.4 Å². The van der Waals surface area contributed by atoms with Gasteiger partial charge in [0.25, 0.3) is 5.69 Å². The number of carbonyl (C=O) groups excluding carboxylic acids is 4. The summed E-state index contributed by atoms with van der Waals surface area (Å²) in [5, 5.41) is 29.0. The van der Waals surface area contributed by atoms with Crippen LogP contribution >= 0.6 is 54.8 Å². The summed E-state index contributed by atoms with van der Waals surface area (Å²) < 4.78 is 8.79. The van der Waals surface area contributed by atoms with Crippen LogP contribution in [0.15, 0.2) is 75.2 Å². The number of thiophene rings is 1. The number of halogens is 3. The van der Waals surface area contributed by atoms with E-state index in [-0.39, 0.29) is 46.0 Å². The summed E-state index contributed by atoms with van der Waals surface area (Å²) in [5.74, 6) is -5.90. The highest BCUT2D eigenvalue weighted by Crippen LogP contribution is 2.65. The number of aryl methyl sites for hydroxylation is 2. The maximum atomic E-state index is 15.3. The van der Waals surface area contributed by atoms with Gasteiger partial charge in [0.2, 0.25) is 23.6 Å². The summed E-state index contributed by atoms with van der Waals surface area (Å²) in [6, 6.07) is 14.4. The van der Waals surface area contributed by atoms with E-state index in [1.165, 1.54) is 52.3 Å². The number of rotatable bonds is 6. The summed E-state index contributed by atoms with van der Waals surface area (Å²) in [4.78, 5) is 73.1. The lowest BCUT2D eigenvalue weighted by molar-refractivity contribution is -0.384. The fourth-order valence-corrected chi connectivity index (χ4v) is 12.0. The quantitative estimate of drug-likeness (QED) is 0.0758. The number of nitro groups is 1. The number of hydrogen-bond donors (Lipinski definition) is 1. The van der Waals surface area contributed by atoms with Crippen molar-refractivity contribution in [1.29, 1.82) is 0 Å². The summed E-state index contributed by atoms with van der Waals surface area (Å²) in [6.45, 7) is 3.74. The number of nitrogens with zero attached hydrogens (tertiary/aromatic N) is 5. The van der Waals surface area contributed by atoms with E-state index in [1.807, 2.05) is 31.2 Å². The van der Waals surface area contributed by atoms with Crippen LogP contribution in [0.1, 0.15) is 36.8 Å². The van der Waals surface area contributed by atoms with Gasteiger partial charge in [0.15, 0.2) is 11.5 Å². The summed E-state index contributed by atoms with van der Waals surface area (Å²) >= 11 is 15.0. The third kappa shape index (κ3) is 5.33. The van der Waals surface area contributed by atoms with Crippen molar-refractivity contribution in [2.24, 2.45) is 36.1 Å². The smallest absolute Gasteiger partial charge is 0.271 e. The number of benzene rings is 3. The molecule has 13 nitrogen and oxygen atoms in total. The lowest BCUT2D eigenvalue weighted by Gasteiger charge is -2.49. The molecular formula is C41H32Br2ClN5O8S. The second kappa shape index (κ2) is 13.6. The number of allylic oxidation sites excluding steroid dienone is 2. The van der Waals surface area contributed by atoms with Gasteiger partial charge < -0.3 is 9.84 Å². The third-order valence-electron chi connectivity index (χ3n) is 12.5. The molecule has 17 heteroatoms. The van der Waals surface area contributed by atoms with Crippen molar-refractivity contribution >= 4 is 106 Å². The fraction of sp³-hybridized carbons (Fsp3) is 0.293. The maximum absolute atomic E-state index is 15.3. The van der Waals surface area contributed by atoms with Gasteiger partial charge in [0, 0.05) is 45.4 Å². The van der Waals surface area contributed by atoms with Crippen LogP contribution < -0.4 is 14.5 Å². The van der Waals surface area contributed by atoms with Crippen LogP contribution in [-0.2, 0) is 26.2 Å². The maximum Gasteiger partial charge on any atom is 0.271 e. The highest BCUT2D eigenvalue weighted by atomic mass is 79.9. The van der Waals surface area contributed by atoms with E-state index < -0.39 is 63.6 Å². The largest absolute Gasteiger partial charge is 0.503 e. The summed E-state index contributed by atoms with van der Waals surface area (Å²) in [7, 11) is 3.08.